The highest BCUT2D eigenvalue weighted by atomic mass is 16.1. The summed E-state index contributed by atoms with van der Waals surface area (Å²) in [6, 6.07) is 0. The van der Waals surface area contributed by atoms with Gasteiger partial charge in [-0.15, -0.1) is 6.42 Å². The minimum atomic E-state index is 0.0341. The van der Waals surface area contributed by atoms with Gasteiger partial charge in [-0.3, -0.25) is 4.79 Å². The summed E-state index contributed by atoms with van der Waals surface area (Å²) in [6.45, 7) is 2.15. The Bertz CT molecular complexity index is 226. The summed E-state index contributed by atoms with van der Waals surface area (Å²) in [6.07, 6.45) is 11.0. The van der Waals surface area contributed by atoms with Gasteiger partial charge in [0.1, 0.15) is 0 Å². The molecule has 1 amide bonds. The molecule has 1 aliphatic rings. The molecule has 0 aliphatic heterocycles. The SMILES string of the molecule is C#CCNC(=O)CCNCC1CCCC1. The molecule has 3 nitrogen and oxygen atoms in total. The molecule has 84 valence electrons. The van der Waals surface area contributed by atoms with E-state index in [0.717, 1.165) is 19.0 Å². The third-order valence-corrected chi connectivity index (χ3v) is 2.82. The van der Waals surface area contributed by atoms with Gasteiger partial charge in [-0.1, -0.05) is 18.8 Å². The number of terminal acetylenes is 1. The fourth-order valence-electron chi connectivity index (χ4n) is 1.96. The van der Waals surface area contributed by atoms with Crippen molar-refractivity contribution in [2.24, 2.45) is 5.92 Å². The zero-order chi connectivity index (χ0) is 10.9. The van der Waals surface area contributed by atoms with Crippen molar-refractivity contribution in [3.8, 4) is 12.3 Å². The molecule has 0 bridgehead atoms. The van der Waals surface area contributed by atoms with Crippen molar-refractivity contribution in [3.05, 3.63) is 0 Å². The Morgan fingerprint density at radius 3 is 2.80 bits per heavy atom. The summed E-state index contributed by atoms with van der Waals surface area (Å²) in [5.41, 5.74) is 0. The van der Waals surface area contributed by atoms with E-state index >= 15 is 0 Å². The van der Waals surface area contributed by atoms with Gasteiger partial charge in [0.25, 0.3) is 0 Å². The average Bonchev–Trinajstić information content (AvgIpc) is 2.74. The lowest BCUT2D eigenvalue weighted by atomic mass is 10.1. The molecule has 0 atom stereocenters. The molecule has 1 saturated carbocycles. The fraction of sp³-hybridized carbons (Fsp3) is 0.750. The van der Waals surface area contributed by atoms with E-state index in [0.29, 0.717) is 13.0 Å². The highest BCUT2D eigenvalue weighted by molar-refractivity contribution is 5.76. The van der Waals surface area contributed by atoms with Gasteiger partial charge in [-0.05, 0) is 25.3 Å². The second-order valence-electron chi connectivity index (χ2n) is 4.09. The molecule has 0 saturated heterocycles. The lowest BCUT2D eigenvalue weighted by Crippen LogP contribution is -2.29. The van der Waals surface area contributed by atoms with Crippen LogP contribution in [0.15, 0.2) is 0 Å². The summed E-state index contributed by atoms with van der Waals surface area (Å²) in [5.74, 6) is 3.25. The minimum absolute atomic E-state index is 0.0341. The van der Waals surface area contributed by atoms with Gasteiger partial charge in [0.2, 0.25) is 5.91 Å². The molecule has 0 unspecified atom stereocenters. The van der Waals surface area contributed by atoms with Crippen LogP contribution in [-0.4, -0.2) is 25.5 Å². The molecule has 3 heteroatoms. The van der Waals surface area contributed by atoms with Gasteiger partial charge in [0.05, 0.1) is 6.54 Å². The molecule has 2 N–H and O–H groups in total. The van der Waals surface area contributed by atoms with E-state index in [4.69, 9.17) is 6.42 Å². The van der Waals surface area contributed by atoms with Crippen LogP contribution >= 0.6 is 0 Å². The maximum atomic E-state index is 11.2. The number of carbonyl (C=O) groups is 1. The first-order valence-corrected chi connectivity index (χ1v) is 5.74. The van der Waals surface area contributed by atoms with E-state index in [1.54, 1.807) is 0 Å². The van der Waals surface area contributed by atoms with Crippen LogP contribution in [0, 0.1) is 18.3 Å². The van der Waals surface area contributed by atoms with Crippen LogP contribution in [0.2, 0.25) is 0 Å². The van der Waals surface area contributed by atoms with Crippen LogP contribution in [0.1, 0.15) is 32.1 Å². The Balaban J connectivity index is 1.92. The summed E-state index contributed by atoms with van der Waals surface area (Å²) in [7, 11) is 0. The fourth-order valence-corrected chi connectivity index (χ4v) is 1.96. The molecule has 1 rings (SSSR count). The van der Waals surface area contributed by atoms with Crippen LogP contribution in [0.4, 0.5) is 0 Å². The molecule has 0 radical (unpaired) electrons. The van der Waals surface area contributed by atoms with Crippen molar-refractivity contribution in [2.45, 2.75) is 32.1 Å². The molecule has 0 aromatic heterocycles. The lowest BCUT2D eigenvalue weighted by molar-refractivity contribution is -0.120. The van der Waals surface area contributed by atoms with Gasteiger partial charge in [0.15, 0.2) is 0 Å². The summed E-state index contributed by atoms with van der Waals surface area (Å²) in [4.78, 5) is 11.2. The first-order valence-electron chi connectivity index (χ1n) is 5.74. The van der Waals surface area contributed by atoms with Crippen molar-refractivity contribution >= 4 is 5.91 Å². The van der Waals surface area contributed by atoms with Crippen molar-refractivity contribution in [3.63, 3.8) is 0 Å². The molecule has 0 heterocycles. The quantitative estimate of drug-likeness (QED) is 0.503. The molecule has 1 aliphatic carbocycles. The summed E-state index contributed by atoms with van der Waals surface area (Å²) >= 11 is 0. The van der Waals surface area contributed by atoms with Crippen molar-refractivity contribution in [2.75, 3.05) is 19.6 Å². The second kappa shape index (κ2) is 7.30. The number of hydrogen-bond donors (Lipinski definition) is 2. The van der Waals surface area contributed by atoms with E-state index in [1.807, 2.05) is 0 Å². The van der Waals surface area contributed by atoms with Crippen molar-refractivity contribution in [1.29, 1.82) is 0 Å². The molecule has 1 fully saturated rings. The maximum absolute atomic E-state index is 11.2. The number of amides is 1. The van der Waals surface area contributed by atoms with Gasteiger partial charge >= 0.3 is 0 Å². The van der Waals surface area contributed by atoms with Gasteiger partial charge in [0, 0.05) is 13.0 Å². The summed E-state index contributed by atoms with van der Waals surface area (Å²) in [5, 5.41) is 5.97. The summed E-state index contributed by atoms with van der Waals surface area (Å²) < 4.78 is 0. The number of nitrogens with one attached hydrogen (secondary N) is 2. The Kier molecular flexibility index (Phi) is 5.87. The molecule has 0 aromatic carbocycles. The highest BCUT2D eigenvalue weighted by Gasteiger charge is 2.13. The third-order valence-electron chi connectivity index (χ3n) is 2.82. The number of rotatable bonds is 6. The van der Waals surface area contributed by atoms with Crippen molar-refractivity contribution in [1.82, 2.24) is 10.6 Å². The van der Waals surface area contributed by atoms with Crippen LogP contribution in [0.5, 0.6) is 0 Å². The zero-order valence-electron chi connectivity index (χ0n) is 9.22. The topological polar surface area (TPSA) is 41.1 Å². The van der Waals surface area contributed by atoms with Crippen LogP contribution < -0.4 is 10.6 Å². The molecule has 0 aromatic rings. The Hall–Kier alpha value is -1.01. The first-order chi connectivity index (χ1) is 7.33. The third kappa shape index (κ3) is 5.44. The molecular formula is C12H20N2O. The van der Waals surface area contributed by atoms with Gasteiger partial charge < -0.3 is 10.6 Å². The largest absolute Gasteiger partial charge is 0.345 e. The predicted octanol–water partition coefficient (Wildman–Crippen LogP) is 0.906. The normalized spacial score (nSPS) is 16.2. The van der Waals surface area contributed by atoms with Crippen molar-refractivity contribution < 1.29 is 4.79 Å². The average molecular weight is 208 g/mol. The van der Waals surface area contributed by atoms with Crippen LogP contribution in [-0.2, 0) is 4.79 Å². The number of hydrogen-bond acceptors (Lipinski definition) is 2. The minimum Gasteiger partial charge on any atom is -0.345 e. The smallest absolute Gasteiger partial charge is 0.222 e. The zero-order valence-corrected chi connectivity index (χ0v) is 9.22. The Morgan fingerprint density at radius 1 is 1.40 bits per heavy atom. The predicted molar refractivity (Wildman–Crippen MR) is 61.3 cm³/mol. The van der Waals surface area contributed by atoms with Crippen LogP contribution in [0.25, 0.3) is 0 Å². The standard InChI is InChI=1S/C12H20N2O/c1-2-8-14-12(15)7-9-13-10-11-5-3-4-6-11/h1,11,13H,3-10H2,(H,14,15). The van der Waals surface area contributed by atoms with E-state index in [-0.39, 0.29) is 5.91 Å². The van der Waals surface area contributed by atoms with E-state index < -0.39 is 0 Å². The second-order valence-corrected chi connectivity index (χ2v) is 4.09. The maximum Gasteiger partial charge on any atom is 0.222 e. The van der Waals surface area contributed by atoms with Gasteiger partial charge in [-0.25, -0.2) is 0 Å². The highest BCUT2D eigenvalue weighted by Crippen LogP contribution is 2.23. The van der Waals surface area contributed by atoms with E-state index in [2.05, 4.69) is 16.6 Å². The van der Waals surface area contributed by atoms with E-state index in [1.165, 1.54) is 25.7 Å². The molecule has 0 spiro atoms. The molecular weight excluding hydrogens is 188 g/mol. The molecule has 15 heavy (non-hydrogen) atoms. The Labute approximate surface area is 92.0 Å². The number of carbonyl (C=O) groups excluding carboxylic acids is 1. The first kappa shape index (κ1) is 12.1. The Morgan fingerprint density at radius 2 is 2.13 bits per heavy atom. The van der Waals surface area contributed by atoms with E-state index in [9.17, 15) is 4.79 Å². The monoisotopic (exact) mass is 208 g/mol. The van der Waals surface area contributed by atoms with Crippen LogP contribution in [0.3, 0.4) is 0 Å². The lowest BCUT2D eigenvalue weighted by Gasteiger charge is -2.09. The van der Waals surface area contributed by atoms with Gasteiger partial charge in [-0.2, -0.15) is 0 Å².